The molecule has 0 saturated carbocycles. The standard InChI is InChI=1S/C23H22N4O3/c1-16-7-2-3-8-17(16)26-22(28)15-27-19-10-5-4-9-18(19)25-21(27)12-13-24-23(29)20-11-6-14-30-20/h2-11,14H,12-13,15H2,1H3,(H,24,29)(H,26,28). The predicted octanol–water partition coefficient (Wildman–Crippen LogP) is 3.55. The largest absolute Gasteiger partial charge is 0.459 e. The van der Waals surface area contributed by atoms with Crippen molar-refractivity contribution in [1.82, 2.24) is 14.9 Å². The van der Waals surface area contributed by atoms with Crippen LogP contribution in [0.4, 0.5) is 5.69 Å². The second-order valence-electron chi connectivity index (χ2n) is 6.95. The molecular formula is C23H22N4O3. The smallest absolute Gasteiger partial charge is 0.286 e. The van der Waals surface area contributed by atoms with Gasteiger partial charge in [-0.2, -0.15) is 0 Å². The molecule has 2 N–H and O–H groups in total. The third-order valence-electron chi connectivity index (χ3n) is 4.83. The van der Waals surface area contributed by atoms with Gasteiger partial charge in [0.1, 0.15) is 12.4 Å². The number of furan rings is 1. The summed E-state index contributed by atoms with van der Waals surface area (Å²) >= 11 is 0. The fourth-order valence-electron chi connectivity index (χ4n) is 3.32. The molecule has 0 unspecified atom stereocenters. The van der Waals surface area contributed by atoms with Crippen LogP contribution >= 0.6 is 0 Å². The number of nitrogens with zero attached hydrogens (tertiary/aromatic N) is 2. The van der Waals surface area contributed by atoms with Gasteiger partial charge in [-0.1, -0.05) is 30.3 Å². The molecule has 0 radical (unpaired) electrons. The van der Waals surface area contributed by atoms with Gasteiger partial charge in [0.15, 0.2) is 5.76 Å². The first kappa shape index (κ1) is 19.4. The molecule has 152 valence electrons. The average molecular weight is 402 g/mol. The van der Waals surface area contributed by atoms with Gasteiger partial charge in [-0.15, -0.1) is 0 Å². The third-order valence-corrected chi connectivity index (χ3v) is 4.83. The van der Waals surface area contributed by atoms with Gasteiger partial charge in [-0.05, 0) is 42.8 Å². The summed E-state index contributed by atoms with van der Waals surface area (Å²) in [6, 6.07) is 18.6. The number of hydrogen-bond donors (Lipinski definition) is 2. The van der Waals surface area contributed by atoms with Crippen LogP contribution in [0.5, 0.6) is 0 Å². The van der Waals surface area contributed by atoms with Crippen LogP contribution in [0.15, 0.2) is 71.3 Å². The van der Waals surface area contributed by atoms with Crippen LogP contribution in [-0.4, -0.2) is 27.9 Å². The lowest BCUT2D eigenvalue weighted by Gasteiger charge is -2.12. The lowest BCUT2D eigenvalue weighted by atomic mass is 10.2. The molecule has 2 heterocycles. The van der Waals surface area contributed by atoms with E-state index >= 15 is 0 Å². The number of fused-ring (bicyclic) bond motifs is 1. The third kappa shape index (κ3) is 4.25. The fraction of sp³-hybridized carbons (Fsp3) is 0.174. The van der Waals surface area contributed by atoms with E-state index in [4.69, 9.17) is 4.42 Å². The van der Waals surface area contributed by atoms with Gasteiger partial charge in [-0.25, -0.2) is 4.98 Å². The molecule has 0 fully saturated rings. The minimum atomic E-state index is -0.278. The minimum absolute atomic E-state index is 0.131. The number of para-hydroxylation sites is 3. The Bertz CT molecular complexity index is 1180. The summed E-state index contributed by atoms with van der Waals surface area (Å²) in [6.45, 7) is 2.47. The summed E-state index contributed by atoms with van der Waals surface area (Å²) in [6.07, 6.45) is 1.94. The number of benzene rings is 2. The van der Waals surface area contributed by atoms with Gasteiger partial charge in [0.05, 0.1) is 17.3 Å². The van der Waals surface area contributed by atoms with Crippen LogP contribution < -0.4 is 10.6 Å². The van der Waals surface area contributed by atoms with Gasteiger partial charge in [0, 0.05) is 18.7 Å². The number of aryl methyl sites for hydroxylation is 1. The van der Waals surface area contributed by atoms with Crippen LogP contribution in [0, 0.1) is 6.92 Å². The number of imidazole rings is 1. The zero-order valence-corrected chi connectivity index (χ0v) is 16.6. The van der Waals surface area contributed by atoms with E-state index in [0.717, 1.165) is 28.1 Å². The Balaban J connectivity index is 1.49. The van der Waals surface area contributed by atoms with Gasteiger partial charge in [0.25, 0.3) is 5.91 Å². The van der Waals surface area contributed by atoms with Crippen LogP contribution in [0.2, 0.25) is 0 Å². The average Bonchev–Trinajstić information content (AvgIpc) is 3.39. The fourth-order valence-corrected chi connectivity index (χ4v) is 3.32. The summed E-state index contributed by atoms with van der Waals surface area (Å²) in [4.78, 5) is 29.5. The molecule has 4 rings (SSSR count). The molecule has 2 amide bonds. The second-order valence-corrected chi connectivity index (χ2v) is 6.95. The Kier molecular flexibility index (Phi) is 5.61. The Hall–Kier alpha value is -3.87. The van der Waals surface area contributed by atoms with Gasteiger partial charge in [0.2, 0.25) is 5.91 Å². The van der Waals surface area contributed by atoms with Crippen LogP contribution in [-0.2, 0) is 17.8 Å². The molecule has 0 atom stereocenters. The quantitative estimate of drug-likeness (QED) is 0.495. The van der Waals surface area contributed by atoms with Crippen LogP contribution in [0.25, 0.3) is 11.0 Å². The van der Waals surface area contributed by atoms with E-state index in [0.29, 0.717) is 13.0 Å². The SMILES string of the molecule is Cc1ccccc1NC(=O)Cn1c(CCNC(=O)c2ccco2)nc2ccccc21. The first-order valence-electron chi connectivity index (χ1n) is 9.73. The molecule has 0 spiro atoms. The van der Waals surface area contributed by atoms with Crippen molar-refractivity contribution in [2.24, 2.45) is 0 Å². The summed E-state index contributed by atoms with van der Waals surface area (Å²) in [5, 5.41) is 5.78. The first-order chi connectivity index (χ1) is 14.6. The highest BCUT2D eigenvalue weighted by Gasteiger charge is 2.15. The van der Waals surface area contributed by atoms with Crippen molar-refractivity contribution < 1.29 is 14.0 Å². The Morgan fingerprint density at radius 2 is 1.83 bits per heavy atom. The van der Waals surface area contributed by atoms with E-state index in [-0.39, 0.29) is 24.1 Å². The maximum Gasteiger partial charge on any atom is 0.286 e. The molecule has 0 aliphatic rings. The number of carbonyl (C=O) groups is 2. The molecule has 4 aromatic rings. The number of carbonyl (C=O) groups excluding carboxylic acids is 2. The normalized spacial score (nSPS) is 10.8. The molecule has 0 aliphatic carbocycles. The molecule has 2 aromatic heterocycles. The summed E-state index contributed by atoms with van der Waals surface area (Å²) in [5.74, 6) is 0.588. The zero-order valence-electron chi connectivity index (χ0n) is 16.6. The molecule has 2 aromatic carbocycles. The van der Waals surface area contributed by atoms with Crippen molar-refractivity contribution in [3.63, 3.8) is 0 Å². The number of amides is 2. The van der Waals surface area contributed by atoms with Crippen molar-refractivity contribution in [1.29, 1.82) is 0 Å². The number of anilines is 1. The maximum absolute atomic E-state index is 12.7. The Morgan fingerprint density at radius 3 is 2.63 bits per heavy atom. The van der Waals surface area contributed by atoms with E-state index in [1.54, 1.807) is 12.1 Å². The molecule has 0 bridgehead atoms. The highest BCUT2D eigenvalue weighted by atomic mass is 16.3. The van der Waals surface area contributed by atoms with Crippen molar-refractivity contribution >= 4 is 28.5 Å². The summed E-state index contributed by atoms with van der Waals surface area (Å²) < 4.78 is 6.99. The zero-order chi connectivity index (χ0) is 20.9. The van der Waals surface area contributed by atoms with Crippen LogP contribution in [0.3, 0.4) is 0 Å². The lowest BCUT2D eigenvalue weighted by Crippen LogP contribution is -2.27. The molecule has 30 heavy (non-hydrogen) atoms. The number of hydrogen-bond acceptors (Lipinski definition) is 4. The molecule has 0 aliphatic heterocycles. The van der Waals surface area contributed by atoms with Crippen molar-refractivity contribution in [2.45, 2.75) is 19.9 Å². The summed E-state index contributed by atoms with van der Waals surface area (Å²) in [7, 11) is 0. The van der Waals surface area contributed by atoms with Gasteiger partial charge < -0.3 is 19.6 Å². The molecular weight excluding hydrogens is 380 g/mol. The van der Waals surface area contributed by atoms with Crippen molar-refractivity contribution in [2.75, 3.05) is 11.9 Å². The minimum Gasteiger partial charge on any atom is -0.459 e. The predicted molar refractivity (Wildman–Crippen MR) is 114 cm³/mol. The molecule has 7 nitrogen and oxygen atoms in total. The highest BCUT2D eigenvalue weighted by molar-refractivity contribution is 5.92. The number of nitrogens with one attached hydrogen (secondary N) is 2. The first-order valence-corrected chi connectivity index (χ1v) is 9.73. The monoisotopic (exact) mass is 402 g/mol. The van der Waals surface area contributed by atoms with E-state index in [1.807, 2.05) is 60.0 Å². The van der Waals surface area contributed by atoms with E-state index in [1.165, 1.54) is 6.26 Å². The van der Waals surface area contributed by atoms with E-state index in [9.17, 15) is 9.59 Å². The topological polar surface area (TPSA) is 89.2 Å². The molecule has 0 saturated heterocycles. The van der Waals surface area contributed by atoms with Gasteiger partial charge in [-0.3, -0.25) is 9.59 Å². The van der Waals surface area contributed by atoms with E-state index in [2.05, 4.69) is 15.6 Å². The maximum atomic E-state index is 12.7. The Morgan fingerprint density at radius 1 is 1.03 bits per heavy atom. The van der Waals surface area contributed by atoms with E-state index < -0.39 is 0 Å². The van der Waals surface area contributed by atoms with Crippen LogP contribution in [0.1, 0.15) is 21.9 Å². The van der Waals surface area contributed by atoms with Crippen molar-refractivity contribution in [3.05, 3.63) is 84.1 Å². The number of aromatic nitrogens is 2. The molecule has 7 heteroatoms. The lowest BCUT2D eigenvalue weighted by molar-refractivity contribution is -0.116. The number of rotatable bonds is 7. The Labute approximate surface area is 173 Å². The van der Waals surface area contributed by atoms with Gasteiger partial charge >= 0.3 is 0 Å². The highest BCUT2D eigenvalue weighted by Crippen LogP contribution is 2.18. The van der Waals surface area contributed by atoms with Crippen molar-refractivity contribution in [3.8, 4) is 0 Å². The summed E-state index contributed by atoms with van der Waals surface area (Å²) in [5.41, 5.74) is 3.49. The second kappa shape index (κ2) is 8.65.